The van der Waals surface area contributed by atoms with Crippen LogP contribution in [0, 0.1) is 0 Å². The first kappa shape index (κ1) is 21.8. The Balaban J connectivity index is 2.40. The van der Waals surface area contributed by atoms with Crippen LogP contribution >= 0.6 is 0 Å². The highest BCUT2D eigenvalue weighted by Crippen LogP contribution is 2.16. The molecule has 0 bridgehead atoms. The number of amides is 1. The van der Waals surface area contributed by atoms with Crippen molar-refractivity contribution in [3.05, 3.63) is 52.0 Å². The molecule has 0 spiro atoms. The Hall–Kier alpha value is -3.48. The van der Waals surface area contributed by atoms with Crippen molar-refractivity contribution in [3.63, 3.8) is 0 Å². The van der Waals surface area contributed by atoms with Crippen LogP contribution in [-0.4, -0.2) is 54.7 Å². The first-order valence-electron chi connectivity index (χ1n) is 9.43. The van der Waals surface area contributed by atoms with Crippen LogP contribution in [0.15, 0.2) is 46.0 Å². The molecule has 0 aliphatic carbocycles. The van der Waals surface area contributed by atoms with Crippen molar-refractivity contribution in [1.29, 1.82) is 0 Å². The summed E-state index contributed by atoms with van der Waals surface area (Å²) in [6.45, 7) is 10.1. The third-order valence-corrected chi connectivity index (χ3v) is 4.24. The van der Waals surface area contributed by atoms with E-state index in [1.165, 1.54) is 6.34 Å². The van der Waals surface area contributed by atoms with Gasteiger partial charge in [-0.3, -0.25) is 20.3 Å². The molecule has 29 heavy (non-hydrogen) atoms. The predicted octanol–water partition coefficient (Wildman–Crippen LogP) is 1.93. The van der Waals surface area contributed by atoms with E-state index >= 15 is 0 Å². The minimum absolute atomic E-state index is 0.0465. The number of rotatable bonds is 9. The van der Waals surface area contributed by atoms with Crippen LogP contribution in [0.4, 0.5) is 0 Å². The molecule has 0 aliphatic rings. The van der Waals surface area contributed by atoms with E-state index in [0.717, 1.165) is 40.2 Å². The second-order valence-electron chi connectivity index (χ2n) is 6.65. The standard InChI is InChI=1S/C22H28N6O/c1-6-8-17(11-12-24-15-25-23-3)13-20-16(2)26-27-21(20)18-9-7-10-19(14-18)22(29)28(4)5/h7-10,13-15,26H,2-3,6,11-12H2,1,4-5H3,(H,24,25)/b17-8-,20-13+. The first-order chi connectivity index (χ1) is 14.0. The van der Waals surface area contributed by atoms with E-state index in [9.17, 15) is 4.79 Å². The normalized spacial score (nSPS) is 12.4. The minimum atomic E-state index is -0.0465. The van der Waals surface area contributed by atoms with Crippen LogP contribution < -0.4 is 16.0 Å². The molecule has 2 rings (SSSR count). The highest BCUT2D eigenvalue weighted by Gasteiger charge is 2.11. The lowest BCUT2D eigenvalue weighted by molar-refractivity contribution is 0.0827. The molecular weight excluding hydrogens is 364 g/mol. The molecule has 1 amide bonds. The van der Waals surface area contributed by atoms with E-state index < -0.39 is 0 Å². The Morgan fingerprint density at radius 2 is 2.17 bits per heavy atom. The van der Waals surface area contributed by atoms with E-state index in [0.29, 0.717) is 12.1 Å². The number of benzene rings is 1. The van der Waals surface area contributed by atoms with Crippen molar-refractivity contribution in [2.75, 3.05) is 20.6 Å². The molecule has 1 heterocycles. The number of hydrazone groups is 1. The molecule has 0 aliphatic heterocycles. The van der Waals surface area contributed by atoms with Crippen LogP contribution in [0.2, 0.25) is 0 Å². The molecule has 2 aromatic rings. The zero-order valence-corrected chi connectivity index (χ0v) is 17.3. The Labute approximate surface area is 171 Å². The molecule has 1 aromatic carbocycles. The van der Waals surface area contributed by atoms with E-state index in [-0.39, 0.29) is 5.91 Å². The molecule has 152 valence electrons. The smallest absolute Gasteiger partial charge is 0.253 e. The Bertz CT molecular complexity index is 1020. The van der Waals surface area contributed by atoms with Gasteiger partial charge in [0.25, 0.3) is 5.91 Å². The number of carbonyl (C=O) groups is 1. The Morgan fingerprint density at radius 3 is 2.86 bits per heavy atom. The van der Waals surface area contributed by atoms with Crippen LogP contribution in [0.3, 0.4) is 0 Å². The highest BCUT2D eigenvalue weighted by atomic mass is 16.2. The van der Waals surface area contributed by atoms with Gasteiger partial charge in [0.1, 0.15) is 6.34 Å². The number of hydrogen-bond acceptors (Lipinski definition) is 4. The fraction of sp³-hybridized carbons (Fsp3) is 0.273. The van der Waals surface area contributed by atoms with Crippen molar-refractivity contribution in [3.8, 4) is 11.3 Å². The molecule has 0 saturated heterocycles. The van der Waals surface area contributed by atoms with Gasteiger partial charge in [-0.25, -0.2) is 0 Å². The highest BCUT2D eigenvalue weighted by molar-refractivity contribution is 5.95. The molecule has 7 heteroatoms. The lowest BCUT2D eigenvalue weighted by Crippen LogP contribution is -2.23. The molecular formula is C22H28N6O. The van der Waals surface area contributed by atoms with Crippen molar-refractivity contribution in [2.45, 2.75) is 19.8 Å². The minimum Gasteiger partial charge on any atom is -0.345 e. The summed E-state index contributed by atoms with van der Waals surface area (Å²) in [6.07, 6.45) is 7.46. The van der Waals surface area contributed by atoms with Crippen molar-refractivity contribution < 1.29 is 4.79 Å². The van der Waals surface area contributed by atoms with Gasteiger partial charge in [0, 0.05) is 43.7 Å². The van der Waals surface area contributed by atoms with Crippen molar-refractivity contribution in [1.82, 2.24) is 20.5 Å². The Kier molecular flexibility index (Phi) is 8.09. The van der Waals surface area contributed by atoms with Crippen LogP contribution in [0.1, 0.15) is 30.1 Å². The van der Waals surface area contributed by atoms with Gasteiger partial charge in [-0.15, -0.1) is 0 Å². The monoisotopic (exact) mass is 392 g/mol. The maximum Gasteiger partial charge on any atom is 0.253 e. The third-order valence-electron chi connectivity index (χ3n) is 4.24. The van der Waals surface area contributed by atoms with E-state index in [2.05, 4.69) is 58.1 Å². The van der Waals surface area contributed by atoms with Crippen LogP contribution in [0.5, 0.6) is 0 Å². The van der Waals surface area contributed by atoms with Crippen LogP contribution in [-0.2, 0) is 0 Å². The van der Waals surface area contributed by atoms with E-state index in [1.54, 1.807) is 25.1 Å². The average molecular weight is 393 g/mol. The molecule has 0 saturated carbocycles. The summed E-state index contributed by atoms with van der Waals surface area (Å²) in [4.78, 5) is 18.1. The number of nitrogens with zero attached hydrogens (tertiary/aromatic N) is 4. The largest absolute Gasteiger partial charge is 0.345 e. The fourth-order valence-electron chi connectivity index (χ4n) is 2.84. The zero-order valence-electron chi connectivity index (χ0n) is 17.3. The lowest BCUT2D eigenvalue weighted by Gasteiger charge is -2.10. The van der Waals surface area contributed by atoms with Crippen molar-refractivity contribution >= 4 is 31.6 Å². The SMILES string of the molecule is C=NNC=NCCC(=C/CC)/C=c1/c(-c2cccc(C(=O)N(C)C)c2)n[nH]c1=C. The summed E-state index contributed by atoms with van der Waals surface area (Å²) in [5, 5.41) is 12.6. The maximum absolute atomic E-state index is 12.3. The predicted molar refractivity (Wildman–Crippen MR) is 120 cm³/mol. The maximum atomic E-state index is 12.3. The number of carbonyl (C=O) groups excluding carboxylic acids is 1. The average Bonchev–Trinajstić information content (AvgIpc) is 3.07. The number of aliphatic imine (C=N–C) groups is 1. The van der Waals surface area contributed by atoms with Gasteiger partial charge in [0.2, 0.25) is 0 Å². The van der Waals surface area contributed by atoms with Gasteiger partial charge in [-0.1, -0.05) is 31.7 Å². The summed E-state index contributed by atoms with van der Waals surface area (Å²) in [7, 11) is 3.48. The molecule has 7 nitrogen and oxygen atoms in total. The molecule has 0 radical (unpaired) electrons. The van der Waals surface area contributed by atoms with Gasteiger partial charge < -0.3 is 4.90 Å². The van der Waals surface area contributed by atoms with E-state index in [4.69, 9.17) is 0 Å². The number of aromatic nitrogens is 2. The summed E-state index contributed by atoms with van der Waals surface area (Å²) >= 11 is 0. The number of allylic oxidation sites excluding steroid dienone is 1. The van der Waals surface area contributed by atoms with Gasteiger partial charge in [-0.05, 0) is 36.6 Å². The lowest BCUT2D eigenvalue weighted by atomic mass is 10.0. The Morgan fingerprint density at radius 1 is 1.38 bits per heavy atom. The van der Waals surface area contributed by atoms with Crippen LogP contribution in [0.25, 0.3) is 23.9 Å². The van der Waals surface area contributed by atoms with Gasteiger partial charge in [-0.2, -0.15) is 10.2 Å². The quantitative estimate of drug-likeness (QED) is 0.388. The van der Waals surface area contributed by atoms with Gasteiger partial charge in [0.05, 0.1) is 11.0 Å². The summed E-state index contributed by atoms with van der Waals surface area (Å²) in [5.74, 6) is -0.0465. The summed E-state index contributed by atoms with van der Waals surface area (Å²) < 4.78 is 0. The second-order valence-corrected chi connectivity index (χ2v) is 6.65. The number of nitrogens with one attached hydrogen (secondary N) is 2. The third kappa shape index (κ3) is 6.00. The molecule has 1 aromatic heterocycles. The van der Waals surface area contributed by atoms with Gasteiger partial charge in [0.15, 0.2) is 0 Å². The molecule has 0 unspecified atom stereocenters. The molecule has 0 fully saturated rings. The molecule has 0 atom stereocenters. The fourth-order valence-corrected chi connectivity index (χ4v) is 2.84. The second kappa shape index (κ2) is 10.8. The molecule has 2 N–H and O–H groups in total. The van der Waals surface area contributed by atoms with Crippen molar-refractivity contribution in [2.24, 2.45) is 10.1 Å². The summed E-state index contributed by atoms with van der Waals surface area (Å²) in [5.41, 5.74) is 6.00. The van der Waals surface area contributed by atoms with E-state index in [1.807, 2.05) is 18.2 Å². The number of H-pyrrole nitrogens is 1. The summed E-state index contributed by atoms with van der Waals surface area (Å²) in [6, 6.07) is 7.47. The zero-order chi connectivity index (χ0) is 21.2. The number of aromatic amines is 1. The van der Waals surface area contributed by atoms with Gasteiger partial charge >= 0.3 is 0 Å². The topological polar surface area (TPSA) is 85.7 Å². The first-order valence-corrected chi connectivity index (χ1v) is 9.43. The number of hydrogen-bond donors (Lipinski definition) is 2.